The molecule has 0 unspecified atom stereocenters. The molecule has 0 atom stereocenters. The highest BCUT2D eigenvalue weighted by molar-refractivity contribution is 7.99. The molecule has 1 aromatic heterocycles. The number of carbonyl (C=O) groups is 2. The summed E-state index contributed by atoms with van der Waals surface area (Å²) in [6.07, 6.45) is 5.68. The average Bonchev–Trinajstić information content (AvgIpc) is 2.53. The Balaban J connectivity index is 1.87. The largest absolute Gasteiger partial charge is 0.359 e. The maximum Gasteiger partial charge on any atom is 0.251 e. The predicted octanol–water partition coefficient (Wildman–Crippen LogP) is 0.599. The SMILES string of the molecule is CNC(=O)Cc1cc(=O)[nH]c(SCC(=O)NC2CCCCC2)n1. The smallest absolute Gasteiger partial charge is 0.251 e. The third kappa shape index (κ3) is 6.05. The van der Waals surface area contributed by atoms with Gasteiger partial charge in [0.1, 0.15) is 0 Å². The number of nitrogens with one attached hydrogen (secondary N) is 3. The van der Waals surface area contributed by atoms with Gasteiger partial charge >= 0.3 is 0 Å². The fourth-order valence-electron chi connectivity index (χ4n) is 2.55. The second-order valence-corrected chi connectivity index (χ2v) is 6.55. The Labute approximate surface area is 139 Å². The third-order valence-electron chi connectivity index (χ3n) is 3.70. The predicted molar refractivity (Wildman–Crippen MR) is 88.4 cm³/mol. The first kappa shape index (κ1) is 17.5. The number of amides is 2. The highest BCUT2D eigenvalue weighted by atomic mass is 32.2. The number of carbonyl (C=O) groups excluding carboxylic acids is 2. The molecule has 8 heteroatoms. The number of nitrogens with zero attached hydrogens (tertiary/aromatic N) is 1. The molecule has 126 valence electrons. The van der Waals surface area contributed by atoms with Crippen molar-refractivity contribution < 1.29 is 9.59 Å². The minimum atomic E-state index is -0.325. The number of likely N-dealkylation sites (N-methyl/N-ethyl adjacent to an activating group) is 1. The molecule has 0 radical (unpaired) electrons. The lowest BCUT2D eigenvalue weighted by Gasteiger charge is -2.22. The van der Waals surface area contributed by atoms with Gasteiger partial charge < -0.3 is 15.6 Å². The Morgan fingerprint density at radius 1 is 1.30 bits per heavy atom. The Kier molecular flexibility index (Phi) is 6.64. The highest BCUT2D eigenvalue weighted by Gasteiger charge is 2.16. The van der Waals surface area contributed by atoms with Gasteiger partial charge in [0, 0.05) is 19.2 Å². The van der Waals surface area contributed by atoms with Crippen molar-refractivity contribution in [3.05, 3.63) is 22.1 Å². The van der Waals surface area contributed by atoms with Crippen molar-refractivity contribution in [1.29, 1.82) is 0 Å². The van der Waals surface area contributed by atoms with E-state index >= 15 is 0 Å². The molecule has 2 rings (SSSR count). The van der Waals surface area contributed by atoms with Crippen LogP contribution in [0.2, 0.25) is 0 Å². The van der Waals surface area contributed by atoms with Crippen LogP contribution in [0.15, 0.2) is 16.0 Å². The van der Waals surface area contributed by atoms with E-state index in [4.69, 9.17) is 0 Å². The molecule has 2 amide bonds. The fraction of sp³-hybridized carbons (Fsp3) is 0.600. The van der Waals surface area contributed by atoms with Crippen LogP contribution in [0.25, 0.3) is 0 Å². The van der Waals surface area contributed by atoms with Gasteiger partial charge in [-0.25, -0.2) is 4.98 Å². The topological polar surface area (TPSA) is 104 Å². The van der Waals surface area contributed by atoms with E-state index in [9.17, 15) is 14.4 Å². The van der Waals surface area contributed by atoms with Crippen molar-refractivity contribution in [2.75, 3.05) is 12.8 Å². The molecule has 1 aliphatic carbocycles. The van der Waals surface area contributed by atoms with Gasteiger partial charge in [-0.15, -0.1) is 0 Å². The fourth-order valence-corrected chi connectivity index (χ4v) is 3.25. The van der Waals surface area contributed by atoms with E-state index in [0.29, 0.717) is 10.9 Å². The van der Waals surface area contributed by atoms with Gasteiger partial charge in [-0.2, -0.15) is 0 Å². The normalized spacial score (nSPS) is 15.2. The summed E-state index contributed by atoms with van der Waals surface area (Å²) in [6, 6.07) is 1.56. The highest BCUT2D eigenvalue weighted by Crippen LogP contribution is 2.18. The number of aromatic nitrogens is 2. The number of thioether (sulfide) groups is 1. The monoisotopic (exact) mass is 338 g/mol. The van der Waals surface area contributed by atoms with Crippen LogP contribution in [0.1, 0.15) is 37.8 Å². The molecule has 23 heavy (non-hydrogen) atoms. The van der Waals surface area contributed by atoms with E-state index in [1.807, 2.05) is 0 Å². The van der Waals surface area contributed by atoms with Crippen LogP contribution in [0.5, 0.6) is 0 Å². The zero-order valence-corrected chi connectivity index (χ0v) is 14.0. The molecule has 7 nitrogen and oxygen atoms in total. The summed E-state index contributed by atoms with van der Waals surface area (Å²) in [5.74, 6) is -0.0709. The first-order valence-electron chi connectivity index (χ1n) is 7.80. The summed E-state index contributed by atoms with van der Waals surface area (Å²) >= 11 is 1.17. The molecule has 1 heterocycles. The van der Waals surface area contributed by atoms with Crippen LogP contribution in [0.3, 0.4) is 0 Å². The van der Waals surface area contributed by atoms with E-state index in [2.05, 4.69) is 20.6 Å². The van der Waals surface area contributed by atoms with Gasteiger partial charge in [-0.3, -0.25) is 14.4 Å². The molecule has 0 aromatic carbocycles. The summed E-state index contributed by atoms with van der Waals surface area (Å²) in [7, 11) is 1.53. The maximum atomic E-state index is 12.0. The van der Waals surface area contributed by atoms with E-state index in [-0.39, 0.29) is 35.6 Å². The lowest BCUT2D eigenvalue weighted by Crippen LogP contribution is -2.37. The van der Waals surface area contributed by atoms with Crippen molar-refractivity contribution in [1.82, 2.24) is 20.6 Å². The van der Waals surface area contributed by atoms with Crippen molar-refractivity contribution in [2.24, 2.45) is 0 Å². The quantitative estimate of drug-likeness (QED) is 0.520. The molecular formula is C15H22N4O3S. The molecular weight excluding hydrogens is 316 g/mol. The van der Waals surface area contributed by atoms with E-state index in [0.717, 1.165) is 25.7 Å². The average molecular weight is 338 g/mol. The van der Waals surface area contributed by atoms with E-state index < -0.39 is 0 Å². The molecule has 3 N–H and O–H groups in total. The third-order valence-corrected chi connectivity index (χ3v) is 4.58. The Hall–Kier alpha value is -1.83. The van der Waals surface area contributed by atoms with Gasteiger partial charge in [0.25, 0.3) is 5.56 Å². The van der Waals surface area contributed by atoms with Crippen molar-refractivity contribution in [3.8, 4) is 0 Å². The van der Waals surface area contributed by atoms with Crippen LogP contribution in [0.4, 0.5) is 0 Å². The molecule has 1 aliphatic rings. The van der Waals surface area contributed by atoms with Crippen LogP contribution in [-0.2, 0) is 16.0 Å². The number of rotatable bonds is 6. The van der Waals surface area contributed by atoms with Gasteiger partial charge in [0.2, 0.25) is 11.8 Å². The van der Waals surface area contributed by atoms with Gasteiger partial charge in [0.15, 0.2) is 5.16 Å². The summed E-state index contributed by atoms with van der Waals surface area (Å²) in [5.41, 5.74) is 0.0670. The van der Waals surface area contributed by atoms with Crippen LogP contribution >= 0.6 is 11.8 Å². The van der Waals surface area contributed by atoms with Crippen LogP contribution < -0.4 is 16.2 Å². The van der Waals surface area contributed by atoms with Gasteiger partial charge in [-0.1, -0.05) is 31.0 Å². The molecule has 0 bridgehead atoms. The number of hydrogen-bond acceptors (Lipinski definition) is 5. The zero-order valence-electron chi connectivity index (χ0n) is 13.2. The lowest BCUT2D eigenvalue weighted by atomic mass is 9.95. The standard InChI is InChI=1S/C15H22N4O3S/c1-16-12(20)7-11-8-13(21)19-15(18-11)23-9-14(22)17-10-5-3-2-4-6-10/h8,10H,2-7,9H2,1H3,(H,16,20)(H,17,22)(H,18,19,21). The minimum Gasteiger partial charge on any atom is -0.359 e. The van der Waals surface area contributed by atoms with Crippen LogP contribution in [0, 0.1) is 0 Å². The zero-order chi connectivity index (χ0) is 16.7. The second-order valence-electron chi connectivity index (χ2n) is 5.58. The van der Waals surface area contributed by atoms with Crippen molar-refractivity contribution in [3.63, 3.8) is 0 Å². The summed E-state index contributed by atoms with van der Waals surface area (Å²) in [4.78, 5) is 41.7. The molecule has 0 aliphatic heterocycles. The van der Waals surface area contributed by atoms with E-state index in [1.165, 1.54) is 31.3 Å². The molecule has 1 saturated carbocycles. The number of hydrogen-bond donors (Lipinski definition) is 3. The summed E-state index contributed by atoms with van der Waals surface area (Å²) in [6.45, 7) is 0. The number of aromatic amines is 1. The number of H-pyrrole nitrogens is 1. The first-order chi connectivity index (χ1) is 11.1. The Bertz CT molecular complexity index is 611. The Morgan fingerprint density at radius 2 is 2.04 bits per heavy atom. The van der Waals surface area contributed by atoms with E-state index in [1.54, 1.807) is 0 Å². The van der Waals surface area contributed by atoms with Gasteiger partial charge in [-0.05, 0) is 12.8 Å². The molecule has 1 aromatic rings. The maximum absolute atomic E-state index is 12.0. The second kappa shape index (κ2) is 8.71. The molecule has 0 spiro atoms. The molecule has 1 fully saturated rings. The lowest BCUT2D eigenvalue weighted by molar-refractivity contribution is -0.120. The molecule has 0 saturated heterocycles. The van der Waals surface area contributed by atoms with Gasteiger partial charge in [0.05, 0.1) is 17.9 Å². The Morgan fingerprint density at radius 3 is 2.74 bits per heavy atom. The van der Waals surface area contributed by atoms with Crippen molar-refractivity contribution >= 4 is 23.6 Å². The minimum absolute atomic E-state index is 0.0439. The first-order valence-corrected chi connectivity index (χ1v) is 8.78. The summed E-state index contributed by atoms with van der Waals surface area (Å²) in [5, 5.41) is 5.86. The van der Waals surface area contributed by atoms with Crippen LogP contribution in [-0.4, -0.2) is 40.6 Å². The van der Waals surface area contributed by atoms with Crippen molar-refractivity contribution in [2.45, 2.75) is 49.7 Å². The summed E-state index contributed by atoms with van der Waals surface area (Å²) < 4.78 is 0.